The molecule has 2 aliphatic heterocycles. The third-order valence-electron chi connectivity index (χ3n) is 7.04. The molecular weight excluding hydrogens is 400 g/mol. The maximum Gasteiger partial charge on any atom is 0.239 e. The Labute approximate surface area is 189 Å². The van der Waals surface area contributed by atoms with E-state index in [1.165, 1.54) is 27.8 Å². The highest BCUT2D eigenvalue weighted by Gasteiger charge is 2.32. The minimum atomic E-state index is -0.0947. The Balaban J connectivity index is 1.45. The topological polar surface area (TPSA) is 61.5 Å². The van der Waals surface area contributed by atoms with Crippen LogP contribution in [0.3, 0.4) is 0 Å². The highest BCUT2D eigenvalue weighted by atomic mass is 16.5. The van der Waals surface area contributed by atoms with Crippen LogP contribution in [0.25, 0.3) is 22.0 Å². The van der Waals surface area contributed by atoms with E-state index in [0.717, 1.165) is 44.5 Å². The van der Waals surface area contributed by atoms with Crippen molar-refractivity contribution in [2.45, 2.75) is 38.6 Å². The molecule has 5 rings (SSSR count). The average Bonchev–Trinajstić information content (AvgIpc) is 3.23. The zero-order valence-electron chi connectivity index (χ0n) is 19.0. The van der Waals surface area contributed by atoms with Crippen molar-refractivity contribution in [3.63, 3.8) is 0 Å². The molecule has 1 aromatic carbocycles. The van der Waals surface area contributed by atoms with Gasteiger partial charge in [0.25, 0.3) is 0 Å². The van der Waals surface area contributed by atoms with Gasteiger partial charge in [0.15, 0.2) is 0 Å². The lowest BCUT2D eigenvalue weighted by Gasteiger charge is -2.38. The molecule has 168 valence electrons. The van der Waals surface area contributed by atoms with Crippen LogP contribution in [0.5, 0.6) is 0 Å². The van der Waals surface area contributed by atoms with E-state index in [9.17, 15) is 4.79 Å². The number of rotatable bonds is 4. The zero-order valence-corrected chi connectivity index (χ0v) is 19.0. The maximum atomic E-state index is 13.4. The van der Waals surface area contributed by atoms with Crippen molar-refractivity contribution >= 4 is 16.8 Å². The number of carbonyl (C=O) groups is 1. The molecule has 32 heavy (non-hydrogen) atoms. The number of nitrogens with one attached hydrogen (secondary N) is 1. The normalized spacial score (nSPS) is 21.1. The van der Waals surface area contributed by atoms with Gasteiger partial charge in [0.2, 0.25) is 5.91 Å². The molecule has 2 aromatic heterocycles. The number of hydrogen-bond donors (Lipinski definition) is 1. The Hall–Kier alpha value is -2.70. The van der Waals surface area contributed by atoms with Crippen LogP contribution < -0.4 is 0 Å². The Kier molecular flexibility index (Phi) is 5.98. The van der Waals surface area contributed by atoms with Crippen LogP contribution in [0, 0.1) is 6.92 Å². The number of nitrogens with zero attached hydrogens (tertiary/aromatic N) is 3. The standard InChI is InChI=1S/C26H32N4O2/c1-18-5-6-23-22(16-18)24(20-7-9-27-10-8-20)25(28-23)21-4-3-11-30(17-21)26(31)19(2)29-12-14-32-15-13-29/h5-10,16,19,21,28H,3-4,11-15,17H2,1-2H3/t19-,21-/m1/s1. The van der Waals surface area contributed by atoms with E-state index in [1.807, 2.05) is 19.3 Å². The van der Waals surface area contributed by atoms with Crippen LogP contribution in [0.15, 0.2) is 42.7 Å². The van der Waals surface area contributed by atoms with Crippen molar-refractivity contribution in [1.82, 2.24) is 19.8 Å². The van der Waals surface area contributed by atoms with Gasteiger partial charge in [-0.2, -0.15) is 0 Å². The molecule has 0 aliphatic carbocycles. The molecule has 2 saturated heterocycles. The molecule has 0 bridgehead atoms. The predicted molar refractivity (Wildman–Crippen MR) is 127 cm³/mol. The van der Waals surface area contributed by atoms with Crippen LogP contribution in [-0.4, -0.2) is 71.1 Å². The smallest absolute Gasteiger partial charge is 0.239 e. The van der Waals surface area contributed by atoms with Crippen molar-refractivity contribution in [2.24, 2.45) is 0 Å². The number of ether oxygens (including phenoxy) is 1. The Morgan fingerprint density at radius 2 is 1.94 bits per heavy atom. The van der Waals surface area contributed by atoms with E-state index in [4.69, 9.17) is 4.74 Å². The number of aromatic nitrogens is 2. The number of aryl methyl sites for hydroxylation is 1. The van der Waals surface area contributed by atoms with E-state index in [2.05, 4.69) is 57.0 Å². The van der Waals surface area contributed by atoms with E-state index >= 15 is 0 Å². The number of amides is 1. The molecule has 1 N–H and O–H groups in total. The van der Waals surface area contributed by atoms with E-state index in [-0.39, 0.29) is 11.9 Å². The third kappa shape index (κ3) is 4.05. The van der Waals surface area contributed by atoms with Crippen LogP contribution >= 0.6 is 0 Å². The number of pyridine rings is 1. The number of carbonyl (C=O) groups excluding carboxylic acids is 1. The monoisotopic (exact) mass is 432 g/mol. The van der Waals surface area contributed by atoms with Crippen LogP contribution in [0.2, 0.25) is 0 Å². The van der Waals surface area contributed by atoms with Crippen molar-refractivity contribution in [3.05, 3.63) is 54.0 Å². The lowest BCUT2D eigenvalue weighted by atomic mass is 9.89. The number of hydrogen-bond acceptors (Lipinski definition) is 4. The van der Waals surface area contributed by atoms with Gasteiger partial charge in [-0.1, -0.05) is 11.6 Å². The summed E-state index contributed by atoms with van der Waals surface area (Å²) in [5.41, 5.74) is 6.08. The first-order chi connectivity index (χ1) is 15.6. The summed E-state index contributed by atoms with van der Waals surface area (Å²) in [6, 6.07) is 10.7. The second-order valence-corrected chi connectivity index (χ2v) is 9.15. The fourth-order valence-electron chi connectivity index (χ4n) is 5.26. The number of H-pyrrole nitrogens is 1. The predicted octanol–water partition coefficient (Wildman–Crippen LogP) is 3.97. The lowest BCUT2D eigenvalue weighted by Crippen LogP contribution is -2.52. The molecular formula is C26H32N4O2. The molecule has 2 atom stereocenters. The summed E-state index contributed by atoms with van der Waals surface area (Å²) >= 11 is 0. The summed E-state index contributed by atoms with van der Waals surface area (Å²) in [4.78, 5) is 25.7. The minimum absolute atomic E-state index is 0.0947. The lowest BCUT2D eigenvalue weighted by molar-refractivity contribution is -0.139. The van der Waals surface area contributed by atoms with Gasteiger partial charge in [-0.15, -0.1) is 0 Å². The molecule has 6 nitrogen and oxygen atoms in total. The largest absolute Gasteiger partial charge is 0.379 e. The zero-order chi connectivity index (χ0) is 22.1. The summed E-state index contributed by atoms with van der Waals surface area (Å²) in [7, 11) is 0. The van der Waals surface area contributed by atoms with E-state index in [1.54, 1.807) is 0 Å². The minimum Gasteiger partial charge on any atom is -0.379 e. The van der Waals surface area contributed by atoms with Gasteiger partial charge in [0.1, 0.15) is 0 Å². The van der Waals surface area contributed by atoms with E-state index < -0.39 is 0 Å². The molecule has 0 saturated carbocycles. The first kappa shape index (κ1) is 21.2. The summed E-state index contributed by atoms with van der Waals surface area (Å²) in [5.74, 6) is 0.537. The average molecular weight is 433 g/mol. The van der Waals surface area contributed by atoms with Crippen molar-refractivity contribution in [2.75, 3.05) is 39.4 Å². The second-order valence-electron chi connectivity index (χ2n) is 9.15. The highest BCUT2D eigenvalue weighted by molar-refractivity contribution is 5.98. The first-order valence-corrected chi connectivity index (χ1v) is 11.7. The van der Waals surface area contributed by atoms with Crippen LogP contribution in [0.4, 0.5) is 0 Å². The SMILES string of the molecule is Cc1ccc2[nH]c([C@@H]3CCCN(C(=O)[C@@H](C)N4CCOCC4)C3)c(-c3ccncc3)c2c1. The van der Waals surface area contributed by atoms with E-state index in [0.29, 0.717) is 19.1 Å². The molecule has 1 amide bonds. The highest BCUT2D eigenvalue weighted by Crippen LogP contribution is 2.39. The number of likely N-dealkylation sites (tertiary alicyclic amines) is 1. The molecule has 0 unspecified atom stereocenters. The van der Waals surface area contributed by atoms with Crippen molar-refractivity contribution in [1.29, 1.82) is 0 Å². The third-order valence-corrected chi connectivity index (χ3v) is 7.04. The van der Waals surface area contributed by atoms with Gasteiger partial charge >= 0.3 is 0 Å². The summed E-state index contributed by atoms with van der Waals surface area (Å²) in [5, 5.41) is 1.25. The van der Waals surface area contributed by atoms with Gasteiger partial charge in [-0.3, -0.25) is 14.7 Å². The summed E-state index contributed by atoms with van der Waals surface area (Å²) < 4.78 is 5.47. The van der Waals surface area contributed by atoms with Crippen molar-refractivity contribution in [3.8, 4) is 11.1 Å². The Morgan fingerprint density at radius 1 is 1.16 bits per heavy atom. The van der Waals surface area contributed by atoms with Crippen LogP contribution in [-0.2, 0) is 9.53 Å². The fraction of sp³-hybridized carbons (Fsp3) is 0.462. The molecule has 0 radical (unpaired) electrons. The van der Waals surface area contributed by atoms with Crippen LogP contribution in [0.1, 0.15) is 36.9 Å². The molecule has 2 fully saturated rings. The summed E-state index contributed by atoms with van der Waals surface area (Å²) in [6.07, 6.45) is 5.82. The number of fused-ring (bicyclic) bond motifs is 1. The fourth-order valence-corrected chi connectivity index (χ4v) is 5.26. The second kappa shape index (κ2) is 9.04. The maximum absolute atomic E-state index is 13.4. The Morgan fingerprint density at radius 3 is 2.72 bits per heavy atom. The molecule has 6 heteroatoms. The van der Waals surface area contributed by atoms with Gasteiger partial charge < -0.3 is 14.6 Å². The quantitative estimate of drug-likeness (QED) is 0.678. The molecule has 2 aliphatic rings. The number of benzene rings is 1. The number of piperidine rings is 1. The van der Waals surface area contributed by atoms with Gasteiger partial charge in [-0.05, 0) is 56.5 Å². The Bertz CT molecular complexity index is 1090. The molecule has 3 aromatic rings. The van der Waals surface area contributed by atoms with Gasteiger partial charge in [0.05, 0.1) is 19.3 Å². The molecule has 0 spiro atoms. The molecule has 4 heterocycles. The van der Waals surface area contributed by atoms with Gasteiger partial charge in [0, 0.05) is 66.7 Å². The first-order valence-electron chi connectivity index (χ1n) is 11.7. The summed E-state index contributed by atoms with van der Waals surface area (Å²) in [6.45, 7) is 8.87. The number of aromatic amines is 1. The number of morpholine rings is 1. The van der Waals surface area contributed by atoms with Gasteiger partial charge in [-0.25, -0.2) is 0 Å². The van der Waals surface area contributed by atoms with Crippen molar-refractivity contribution < 1.29 is 9.53 Å².